The molecule has 3 aromatic rings. The van der Waals surface area contributed by atoms with Crippen LogP contribution in [0.15, 0.2) is 52.4 Å². The van der Waals surface area contributed by atoms with Gasteiger partial charge in [-0.2, -0.15) is 4.98 Å². The van der Waals surface area contributed by atoms with Gasteiger partial charge in [0.1, 0.15) is 0 Å². The zero-order chi connectivity index (χ0) is 24.4. The lowest BCUT2D eigenvalue weighted by Gasteiger charge is -2.35. The molecular weight excluding hydrogens is 454 g/mol. The maximum absolute atomic E-state index is 13.2. The second-order valence-corrected chi connectivity index (χ2v) is 9.01. The van der Waals surface area contributed by atoms with Crippen LogP contribution in [-0.4, -0.2) is 52.0 Å². The lowest BCUT2D eigenvalue weighted by Crippen LogP contribution is -2.40. The summed E-state index contributed by atoms with van der Waals surface area (Å²) in [5.74, 6) is 0.934. The number of thioether (sulfide) groups is 1. The number of hydrogen-bond acceptors (Lipinski definition) is 7. The van der Waals surface area contributed by atoms with Gasteiger partial charge in [0.2, 0.25) is 11.8 Å². The molecule has 0 saturated heterocycles. The molecule has 9 heteroatoms. The van der Waals surface area contributed by atoms with Gasteiger partial charge < -0.3 is 19.5 Å². The Balaban J connectivity index is 1.58. The molecule has 0 radical (unpaired) electrons. The van der Waals surface area contributed by atoms with Crippen molar-refractivity contribution in [3.05, 3.63) is 69.5 Å². The minimum Gasteiger partial charge on any atom is -0.493 e. The molecule has 2 heterocycles. The number of aryl methyl sites for hydroxylation is 1. The first-order valence-electron chi connectivity index (χ1n) is 10.9. The molecule has 1 atom stereocenters. The number of fused-ring (bicyclic) bond motifs is 1. The van der Waals surface area contributed by atoms with Crippen molar-refractivity contribution in [3.8, 4) is 23.1 Å². The fourth-order valence-corrected chi connectivity index (χ4v) is 5.17. The van der Waals surface area contributed by atoms with Crippen LogP contribution in [0, 0.1) is 6.92 Å². The smallest absolute Gasteiger partial charge is 0.262 e. The third kappa shape index (κ3) is 4.48. The molecule has 34 heavy (non-hydrogen) atoms. The number of carbonyl (C=O) groups is 1. The van der Waals surface area contributed by atoms with Crippen LogP contribution < -0.4 is 15.0 Å². The Morgan fingerprint density at radius 1 is 1.18 bits per heavy atom. The Morgan fingerprint density at radius 2 is 1.88 bits per heavy atom. The van der Waals surface area contributed by atoms with E-state index in [1.807, 2.05) is 55.1 Å². The van der Waals surface area contributed by atoms with Crippen LogP contribution in [0.5, 0.6) is 17.4 Å². The van der Waals surface area contributed by atoms with Crippen molar-refractivity contribution >= 4 is 17.7 Å². The molecule has 1 N–H and O–H groups in total. The first-order valence-corrected chi connectivity index (χ1v) is 11.9. The zero-order valence-corrected chi connectivity index (χ0v) is 20.4. The average Bonchev–Trinajstić information content (AvgIpc) is 2.82. The monoisotopic (exact) mass is 481 g/mol. The molecule has 4 rings (SSSR count). The molecule has 0 spiro atoms. The number of aromatic hydroxyl groups is 1. The van der Waals surface area contributed by atoms with Crippen molar-refractivity contribution in [2.75, 3.05) is 26.5 Å². The molecule has 1 unspecified atom stereocenters. The van der Waals surface area contributed by atoms with Gasteiger partial charge in [-0.1, -0.05) is 30.0 Å². The SMILES string of the molecule is COc1cc2c(cc1OC)C(C)N(C(=O)CSc1nc(O)cc(=O)n1-c1ccccc1C)CC2. The normalized spacial score (nSPS) is 15.1. The molecule has 1 amide bonds. The summed E-state index contributed by atoms with van der Waals surface area (Å²) in [4.78, 5) is 31.9. The number of rotatable bonds is 6. The van der Waals surface area contributed by atoms with Crippen molar-refractivity contribution in [3.63, 3.8) is 0 Å². The van der Waals surface area contributed by atoms with E-state index in [-0.39, 0.29) is 28.7 Å². The van der Waals surface area contributed by atoms with E-state index in [1.165, 1.54) is 4.57 Å². The predicted molar refractivity (Wildman–Crippen MR) is 130 cm³/mol. The van der Waals surface area contributed by atoms with Crippen LogP contribution in [0.4, 0.5) is 0 Å². The van der Waals surface area contributed by atoms with Gasteiger partial charge in [-0.25, -0.2) is 0 Å². The Morgan fingerprint density at radius 3 is 2.59 bits per heavy atom. The van der Waals surface area contributed by atoms with E-state index in [0.29, 0.717) is 30.2 Å². The number of carbonyl (C=O) groups excluding carboxylic acids is 1. The van der Waals surface area contributed by atoms with E-state index in [2.05, 4.69) is 4.98 Å². The summed E-state index contributed by atoms with van der Waals surface area (Å²) in [6.07, 6.45) is 0.703. The van der Waals surface area contributed by atoms with Crippen molar-refractivity contribution < 1.29 is 19.4 Å². The van der Waals surface area contributed by atoms with E-state index in [9.17, 15) is 14.7 Å². The van der Waals surface area contributed by atoms with Crippen molar-refractivity contribution in [1.82, 2.24) is 14.5 Å². The number of ether oxygens (including phenoxy) is 2. The van der Waals surface area contributed by atoms with Crippen molar-refractivity contribution in [2.45, 2.75) is 31.5 Å². The van der Waals surface area contributed by atoms with E-state index in [4.69, 9.17) is 9.47 Å². The van der Waals surface area contributed by atoms with E-state index >= 15 is 0 Å². The minimum atomic E-state index is -0.405. The summed E-state index contributed by atoms with van der Waals surface area (Å²) >= 11 is 1.13. The highest BCUT2D eigenvalue weighted by Gasteiger charge is 2.29. The number of nitrogens with zero attached hydrogens (tertiary/aromatic N) is 3. The standard InChI is InChI=1S/C25H27N3O5S/c1-15-7-5-6-8-19(15)28-23(30)13-22(29)26-25(28)34-14-24(31)27-10-9-17-11-20(32-3)21(33-4)12-18(17)16(27)2/h5-8,11-13,16,29H,9-10,14H2,1-4H3. The summed E-state index contributed by atoms with van der Waals surface area (Å²) in [5, 5.41) is 10.2. The van der Waals surface area contributed by atoms with Crippen LogP contribution in [-0.2, 0) is 11.2 Å². The number of methoxy groups -OCH3 is 2. The number of aromatic nitrogens is 2. The second kappa shape index (κ2) is 9.80. The fraction of sp³-hybridized carbons (Fsp3) is 0.320. The molecule has 0 saturated carbocycles. The second-order valence-electron chi connectivity index (χ2n) is 8.06. The quantitative estimate of drug-likeness (QED) is 0.425. The first-order chi connectivity index (χ1) is 16.3. The molecule has 1 aliphatic rings. The average molecular weight is 482 g/mol. The molecule has 0 aliphatic carbocycles. The third-order valence-electron chi connectivity index (χ3n) is 6.06. The van der Waals surface area contributed by atoms with Crippen LogP contribution in [0.3, 0.4) is 0 Å². The summed E-state index contributed by atoms with van der Waals surface area (Å²) in [5.41, 5.74) is 3.30. The minimum absolute atomic E-state index is 0.0770. The first kappa shape index (κ1) is 23.7. The molecule has 2 aromatic carbocycles. The Bertz CT molecular complexity index is 1290. The molecule has 0 bridgehead atoms. The van der Waals surface area contributed by atoms with Crippen LogP contribution in [0.1, 0.15) is 29.7 Å². The number of benzene rings is 2. The third-order valence-corrected chi connectivity index (χ3v) is 6.98. The molecule has 1 aliphatic heterocycles. The number of para-hydroxylation sites is 1. The van der Waals surface area contributed by atoms with E-state index < -0.39 is 5.56 Å². The maximum Gasteiger partial charge on any atom is 0.262 e. The number of amides is 1. The van der Waals surface area contributed by atoms with Crippen molar-refractivity contribution in [2.24, 2.45) is 0 Å². The number of hydrogen-bond donors (Lipinski definition) is 1. The topological polar surface area (TPSA) is 93.9 Å². The van der Waals surface area contributed by atoms with Crippen LogP contribution in [0.2, 0.25) is 0 Å². The van der Waals surface area contributed by atoms with Crippen LogP contribution >= 0.6 is 11.8 Å². The maximum atomic E-state index is 13.2. The molecule has 178 valence electrons. The van der Waals surface area contributed by atoms with Gasteiger partial charge in [-0.15, -0.1) is 0 Å². The van der Waals surface area contributed by atoms with Gasteiger partial charge in [0.25, 0.3) is 5.56 Å². The molecule has 1 aromatic heterocycles. The Kier molecular flexibility index (Phi) is 6.83. The van der Waals surface area contributed by atoms with Gasteiger partial charge in [-0.05, 0) is 55.2 Å². The summed E-state index contributed by atoms with van der Waals surface area (Å²) < 4.78 is 12.3. The highest BCUT2D eigenvalue weighted by Crippen LogP contribution is 2.38. The van der Waals surface area contributed by atoms with E-state index in [1.54, 1.807) is 14.2 Å². The van der Waals surface area contributed by atoms with Crippen molar-refractivity contribution in [1.29, 1.82) is 0 Å². The van der Waals surface area contributed by atoms with Gasteiger partial charge in [-0.3, -0.25) is 14.2 Å². The lowest BCUT2D eigenvalue weighted by molar-refractivity contribution is -0.130. The van der Waals surface area contributed by atoms with E-state index in [0.717, 1.165) is 34.5 Å². The van der Waals surface area contributed by atoms with Gasteiger partial charge >= 0.3 is 0 Å². The van der Waals surface area contributed by atoms with Gasteiger partial charge in [0.15, 0.2) is 16.7 Å². The van der Waals surface area contributed by atoms with Crippen LogP contribution in [0.25, 0.3) is 5.69 Å². The predicted octanol–water partition coefficient (Wildman–Crippen LogP) is 3.50. The lowest BCUT2D eigenvalue weighted by atomic mass is 9.93. The Labute approximate surface area is 202 Å². The summed E-state index contributed by atoms with van der Waals surface area (Å²) in [6.45, 7) is 4.45. The van der Waals surface area contributed by atoms with Gasteiger partial charge in [0.05, 0.1) is 37.8 Å². The fourth-order valence-electron chi connectivity index (χ4n) is 4.28. The van der Waals surface area contributed by atoms with Gasteiger partial charge in [0, 0.05) is 6.54 Å². The largest absolute Gasteiger partial charge is 0.493 e. The molecule has 0 fully saturated rings. The zero-order valence-electron chi connectivity index (χ0n) is 19.6. The molecular formula is C25H27N3O5S. The summed E-state index contributed by atoms with van der Waals surface area (Å²) in [6, 6.07) is 12.2. The highest BCUT2D eigenvalue weighted by molar-refractivity contribution is 7.99. The molecule has 8 nitrogen and oxygen atoms in total. The Hall–Kier alpha value is -3.46. The highest BCUT2D eigenvalue weighted by atomic mass is 32.2. The summed E-state index contributed by atoms with van der Waals surface area (Å²) in [7, 11) is 3.20.